The van der Waals surface area contributed by atoms with Crippen LogP contribution in [-0.2, 0) is 15.6 Å². The minimum Gasteiger partial charge on any atom is -0.378 e. The fourth-order valence-electron chi connectivity index (χ4n) is 2.54. The Kier molecular flexibility index (Phi) is 5.16. The number of sulfone groups is 1. The zero-order valence-electron chi connectivity index (χ0n) is 14.0. The summed E-state index contributed by atoms with van der Waals surface area (Å²) >= 11 is 6.27. The summed E-state index contributed by atoms with van der Waals surface area (Å²) in [4.78, 5) is 4.87. The van der Waals surface area contributed by atoms with E-state index in [9.17, 15) is 8.42 Å². The van der Waals surface area contributed by atoms with Crippen molar-refractivity contribution in [2.75, 3.05) is 19.0 Å². The first-order valence-corrected chi connectivity index (χ1v) is 9.33. The molecule has 126 valence electrons. The van der Waals surface area contributed by atoms with E-state index in [1.807, 2.05) is 34.0 Å². The van der Waals surface area contributed by atoms with Crippen LogP contribution in [0.2, 0.25) is 5.02 Å². The van der Waals surface area contributed by atoms with Crippen LogP contribution in [0, 0.1) is 19.2 Å². The number of nitrogens with zero attached hydrogens (tertiary/aromatic N) is 3. The van der Waals surface area contributed by atoms with Crippen molar-refractivity contribution < 1.29 is 8.42 Å². The van der Waals surface area contributed by atoms with Crippen molar-refractivity contribution >= 4 is 32.8 Å². The van der Waals surface area contributed by atoms with E-state index in [0.717, 1.165) is 11.1 Å². The Morgan fingerprint density at radius 1 is 1.17 bits per heavy atom. The molecule has 0 N–H and O–H groups in total. The molecule has 0 radical (unpaired) electrons. The molecule has 0 aliphatic heterocycles. The third kappa shape index (κ3) is 3.69. The van der Waals surface area contributed by atoms with Crippen molar-refractivity contribution in [3.63, 3.8) is 0 Å². The van der Waals surface area contributed by atoms with Crippen LogP contribution in [0.4, 0.5) is 11.4 Å². The minimum atomic E-state index is -3.73. The molecule has 0 bridgehead atoms. The van der Waals surface area contributed by atoms with Gasteiger partial charge in [-0.2, -0.15) is 0 Å². The third-order valence-corrected chi connectivity index (χ3v) is 5.95. The van der Waals surface area contributed by atoms with E-state index in [-0.39, 0.29) is 16.3 Å². The van der Waals surface area contributed by atoms with E-state index in [1.54, 1.807) is 17.0 Å². The highest BCUT2D eigenvalue weighted by Crippen LogP contribution is 2.33. The van der Waals surface area contributed by atoms with Crippen molar-refractivity contribution in [3.8, 4) is 0 Å². The first-order valence-electron chi connectivity index (χ1n) is 7.30. The number of benzene rings is 2. The number of hydrogen-bond donors (Lipinski definition) is 0. The Balaban J connectivity index is 2.56. The lowest BCUT2D eigenvalue weighted by Gasteiger charge is -2.13. The standard InChI is InChI=1S/C17H19ClN3O2S/c1-11-7-12(2)17(18)13(8-11)10-24(22,23)16-9-14(21(3)4)5-6-15(16)20-19/h5-9H,10H2,1-4H3/q+1. The molecule has 0 aliphatic rings. The molecule has 0 heterocycles. The molecule has 0 spiro atoms. The fourth-order valence-corrected chi connectivity index (χ4v) is 4.31. The normalized spacial score (nSPS) is 11.2. The van der Waals surface area contributed by atoms with Gasteiger partial charge in [0.2, 0.25) is 5.39 Å². The quantitative estimate of drug-likeness (QED) is 0.750. The van der Waals surface area contributed by atoms with Gasteiger partial charge in [0.1, 0.15) is 0 Å². The molecule has 0 aliphatic carbocycles. The van der Waals surface area contributed by atoms with Crippen molar-refractivity contribution in [1.29, 1.82) is 5.39 Å². The molecule has 0 fully saturated rings. The second-order valence-corrected chi connectivity index (χ2v) is 8.30. The van der Waals surface area contributed by atoms with Gasteiger partial charge in [0.15, 0.2) is 19.7 Å². The predicted octanol–water partition coefficient (Wildman–Crippen LogP) is 4.48. The van der Waals surface area contributed by atoms with Gasteiger partial charge in [0, 0.05) is 30.9 Å². The van der Waals surface area contributed by atoms with Gasteiger partial charge in [-0.25, -0.2) is 8.42 Å². The third-order valence-electron chi connectivity index (χ3n) is 3.72. The smallest absolute Gasteiger partial charge is 0.378 e. The highest BCUT2D eigenvalue weighted by atomic mass is 35.5. The zero-order chi connectivity index (χ0) is 18.1. The van der Waals surface area contributed by atoms with E-state index in [2.05, 4.69) is 4.98 Å². The second-order valence-electron chi connectivity index (χ2n) is 5.96. The minimum absolute atomic E-state index is 0.0149. The molecule has 24 heavy (non-hydrogen) atoms. The average molecular weight is 365 g/mol. The maximum atomic E-state index is 12.9. The SMILES string of the molecule is Cc1cc(C)c(Cl)c(CS(=O)(=O)c2cc(N(C)C)ccc2[N+]#N)c1. The highest BCUT2D eigenvalue weighted by molar-refractivity contribution is 7.90. The van der Waals surface area contributed by atoms with Gasteiger partial charge in [-0.3, -0.25) is 0 Å². The molecule has 0 atom stereocenters. The summed E-state index contributed by atoms with van der Waals surface area (Å²) in [5.74, 6) is -0.256. The second kappa shape index (κ2) is 6.80. The number of halogens is 1. The molecule has 2 rings (SSSR count). The Morgan fingerprint density at radius 2 is 1.83 bits per heavy atom. The van der Waals surface area contributed by atoms with Crippen molar-refractivity contribution in [3.05, 3.63) is 57.0 Å². The van der Waals surface area contributed by atoms with Crippen LogP contribution in [0.3, 0.4) is 0 Å². The van der Waals surface area contributed by atoms with Crippen molar-refractivity contribution in [2.24, 2.45) is 0 Å². The molecule has 0 aromatic heterocycles. The van der Waals surface area contributed by atoms with Gasteiger partial charge in [-0.05, 0) is 37.1 Å². The maximum Gasteiger partial charge on any atom is 0.403 e. The predicted molar refractivity (Wildman–Crippen MR) is 97.3 cm³/mol. The van der Waals surface area contributed by atoms with E-state index in [1.165, 1.54) is 12.1 Å². The molecule has 0 saturated carbocycles. The molecule has 7 heteroatoms. The lowest BCUT2D eigenvalue weighted by Crippen LogP contribution is -2.11. The Hall–Kier alpha value is -2.10. The van der Waals surface area contributed by atoms with E-state index >= 15 is 0 Å². The summed E-state index contributed by atoms with van der Waals surface area (Å²) in [6.07, 6.45) is 0. The van der Waals surface area contributed by atoms with Crippen LogP contribution in [0.15, 0.2) is 35.2 Å². The van der Waals surface area contributed by atoms with Crippen LogP contribution in [-0.4, -0.2) is 22.5 Å². The van der Waals surface area contributed by atoms with Gasteiger partial charge in [0.25, 0.3) is 0 Å². The van der Waals surface area contributed by atoms with Gasteiger partial charge in [0.05, 0.1) is 5.75 Å². The van der Waals surface area contributed by atoms with Crippen LogP contribution in [0.5, 0.6) is 0 Å². The van der Waals surface area contributed by atoms with Gasteiger partial charge in [-0.15, -0.1) is 0 Å². The summed E-state index contributed by atoms with van der Waals surface area (Å²) in [5, 5.41) is 9.58. The number of aryl methyl sites for hydroxylation is 2. The maximum absolute atomic E-state index is 12.9. The Morgan fingerprint density at radius 3 is 2.42 bits per heavy atom. The number of anilines is 1. The first kappa shape index (κ1) is 18.2. The molecule has 5 nitrogen and oxygen atoms in total. The molecule has 2 aromatic carbocycles. The molecule has 2 aromatic rings. The van der Waals surface area contributed by atoms with E-state index in [4.69, 9.17) is 17.0 Å². The van der Waals surface area contributed by atoms with Gasteiger partial charge < -0.3 is 4.90 Å². The fraction of sp³-hybridized carbons (Fsp3) is 0.294. The van der Waals surface area contributed by atoms with E-state index < -0.39 is 9.84 Å². The molecule has 0 saturated heterocycles. The van der Waals surface area contributed by atoms with Crippen molar-refractivity contribution in [2.45, 2.75) is 24.5 Å². The average Bonchev–Trinajstić information content (AvgIpc) is 2.51. The zero-order valence-corrected chi connectivity index (χ0v) is 15.6. The molecule has 0 unspecified atom stereocenters. The van der Waals surface area contributed by atoms with Gasteiger partial charge >= 0.3 is 5.69 Å². The monoisotopic (exact) mass is 364 g/mol. The summed E-state index contributed by atoms with van der Waals surface area (Å²) in [6.45, 7) is 3.73. The van der Waals surface area contributed by atoms with Crippen molar-refractivity contribution in [1.82, 2.24) is 0 Å². The summed E-state index contributed by atoms with van der Waals surface area (Å²) in [7, 11) is -0.117. The van der Waals surface area contributed by atoms with E-state index in [0.29, 0.717) is 16.3 Å². The highest BCUT2D eigenvalue weighted by Gasteiger charge is 2.28. The first-order chi connectivity index (χ1) is 11.2. The summed E-state index contributed by atoms with van der Waals surface area (Å²) in [6, 6.07) is 8.34. The topological polar surface area (TPSA) is 65.5 Å². The number of hydrogen-bond acceptors (Lipinski definition) is 4. The van der Waals surface area contributed by atoms with Crippen LogP contribution in [0.1, 0.15) is 16.7 Å². The summed E-state index contributed by atoms with van der Waals surface area (Å²) < 4.78 is 25.8. The van der Waals surface area contributed by atoms with Crippen LogP contribution in [0.25, 0.3) is 4.98 Å². The lowest BCUT2D eigenvalue weighted by molar-refractivity contribution is 0.595. The number of diazo groups is 1. The van der Waals surface area contributed by atoms with Crippen LogP contribution >= 0.6 is 11.6 Å². The van der Waals surface area contributed by atoms with Crippen LogP contribution < -0.4 is 4.90 Å². The van der Waals surface area contributed by atoms with Gasteiger partial charge in [-0.1, -0.05) is 29.3 Å². The molecule has 0 amide bonds. The molecular weight excluding hydrogens is 346 g/mol. The largest absolute Gasteiger partial charge is 0.403 e. The Bertz CT molecular complexity index is 932. The Labute approximate surface area is 147 Å². The summed E-state index contributed by atoms with van der Waals surface area (Å²) in [5.41, 5.74) is 3.02. The lowest BCUT2D eigenvalue weighted by atomic mass is 10.1. The number of rotatable bonds is 4. The molecular formula is C17H19ClN3O2S+.